The second-order valence-corrected chi connectivity index (χ2v) is 4.34. The Bertz CT molecular complexity index is 611. The largest absolute Gasteiger partial charge is 0.366 e. The number of hydrogen-bond acceptors (Lipinski definition) is 4. The van der Waals surface area contributed by atoms with E-state index in [4.69, 9.17) is 0 Å². The van der Waals surface area contributed by atoms with Gasteiger partial charge in [0, 0.05) is 24.4 Å². The van der Waals surface area contributed by atoms with Gasteiger partial charge >= 0.3 is 0 Å². The molecular weight excluding hydrogens is 242 g/mol. The van der Waals surface area contributed by atoms with Gasteiger partial charge in [-0.1, -0.05) is 18.2 Å². The highest BCUT2D eigenvalue weighted by Crippen LogP contribution is 2.22. The molecule has 0 saturated heterocycles. The minimum absolute atomic E-state index is 0.150. The van der Waals surface area contributed by atoms with Crippen LogP contribution in [0.2, 0.25) is 0 Å². The highest BCUT2D eigenvalue weighted by molar-refractivity contribution is 5.48. The zero-order valence-corrected chi connectivity index (χ0v) is 10.9. The summed E-state index contributed by atoms with van der Waals surface area (Å²) in [6, 6.07) is 8.95. The summed E-state index contributed by atoms with van der Waals surface area (Å²) < 4.78 is 0. The Morgan fingerprint density at radius 2 is 2.05 bits per heavy atom. The molecule has 1 N–H and O–H groups in total. The lowest BCUT2D eigenvalue weighted by molar-refractivity contribution is -0.385. The van der Waals surface area contributed by atoms with Crippen molar-refractivity contribution in [3.63, 3.8) is 0 Å². The van der Waals surface area contributed by atoms with Crippen molar-refractivity contribution < 1.29 is 4.92 Å². The topological polar surface area (TPSA) is 68.1 Å². The fraction of sp³-hybridized carbons (Fsp3) is 0.214. The quantitative estimate of drug-likeness (QED) is 0.674. The van der Waals surface area contributed by atoms with Crippen molar-refractivity contribution in [1.82, 2.24) is 4.98 Å². The standard InChI is InChI=1S/C14H15N3O2/c1-10-5-4-8-15-14(10)16-9-12-6-3-7-13(11(12)2)17(18)19/h3-8H,9H2,1-2H3,(H,15,16). The first-order valence-electron chi connectivity index (χ1n) is 5.98. The van der Waals surface area contributed by atoms with Gasteiger partial charge in [0.25, 0.3) is 5.69 Å². The molecule has 1 aromatic heterocycles. The van der Waals surface area contributed by atoms with Crippen LogP contribution in [0.15, 0.2) is 36.5 Å². The highest BCUT2D eigenvalue weighted by Gasteiger charge is 2.12. The number of benzene rings is 1. The first kappa shape index (κ1) is 13.0. The van der Waals surface area contributed by atoms with E-state index in [0.29, 0.717) is 12.1 Å². The van der Waals surface area contributed by atoms with Gasteiger partial charge in [-0.05, 0) is 31.0 Å². The normalized spacial score (nSPS) is 10.2. The minimum Gasteiger partial charge on any atom is -0.366 e. The SMILES string of the molecule is Cc1cccnc1NCc1cccc([N+](=O)[O-])c1C. The fourth-order valence-electron chi connectivity index (χ4n) is 1.91. The van der Waals surface area contributed by atoms with Crippen LogP contribution in [0, 0.1) is 24.0 Å². The molecule has 0 bridgehead atoms. The molecule has 1 aromatic carbocycles. The van der Waals surface area contributed by atoms with Gasteiger partial charge in [-0.3, -0.25) is 10.1 Å². The number of nitro benzene ring substituents is 1. The third-order valence-corrected chi connectivity index (χ3v) is 3.07. The lowest BCUT2D eigenvalue weighted by atomic mass is 10.1. The fourth-order valence-corrected chi connectivity index (χ4v) is 1.91. The second-order valence-electron chi connectivity index (χ2n) is 4.34. The summed E-state index contributed by atoms with van der Waals surface area (Å²) in [5, 5.41) is 14.1. The predicted octanol–water partition coefficient (Wildman–Crippen LogP) is 3.22. The Balaban J connectivity index is 2.19. The summed E-state index contributed by atoms with van der Waals surface area (Å²) in [6.45, 7) is 4.25. The van der Waals surface area contributed by atoms with Gasteiger partial charge < -0.3 is 5.32 Å². The van der Waals surface area contributed by atoms with Crippen LogP contribution in [0.25, 0.3) is 0 Å². The van der Waals surface area contributed by atoms with Gasteiger partial charge in [0.2, 0.25) is 0 Å². The molecule has 0 saturated carbocycles. The molecule has 98 valence electrons. The zero-order valence-electron chi connectivity index (χ0n) is 10.9. The number of nitrogens with zero attached hydrogens (tertiary/aromatic N) is 2. The third kappa shape index (κ3) is 2.88. The van der Waals surface area contributed by atoms with Crippen LogP contribution in [0.3, 0.4) is 0 Å². The molecule has 0 unspecified atom stereocenters. The van der Waals surface area contributed by atoms with Gasteiger partial charge in [-0.2, -0.15) is 0 Å². The van der Waals surface area contributed by atoms with Crippen LogP contribution in [-0.2, 0) is 6.54 Å². The average molecular weight is 257 g/mol. The maximum atomic E-state index is 10.9. The van der Waals surface area contributed by atoms with E-state index in [1.54, 1.807) is 19.2 Å². The maximum Gasteiger partial charge on any atom is 0.272 e. The molecule has 0 fully saturated rings. The zero-order chi connectivity index (χ0) is 13.8. The van der Waals surface area contributed by atoms with Crippen molar-refractivity contribution >= 4 is 11.5 Å². The molecule has 0 amide bonds. The lowest BCUT2D eigenvalue weighted by Crippen LogP contribution is -2.05. The van der Waals surface area contributed by atoms with Crippen molar-refractivity contribution in [3.05, 3.63) is 63.3 Å². The van der Waals surface area contributed by atoms with E-state index < -0.39 is 0 Å². The van der Waals surface area contributed by atoms with Crippen LogP contribution in [0.1, 0.15) is 16.7 Å². The smallest absolute Gasteiger partial charge is 0.272 e. The third-order valence-electron chi connectivity index (χ3n) is 3.07. The molecule has 1 heterocycles. The van der Waals surface area contributed by atoms with Gasteiger partial charge in [0.05, 0.1) is 4.92 Å². The number of pyridine rings is 1. The maximum absolute atomic E-state index is 10.9. The summed E-state index contributed by atoms with van der Waals surface area (Å²) >= 11 is 0. The molecule has 2 aromatic rings. The van der Waals surface area contributed by atoms with E-state index >= 15 is 0 Å². The molecule has 0 aliphatic rings. The summed E-state index contributed by atoms with van der Waals surface area (Å²) in [6.07, 6.45) is 1.72. The molecule has 0 spiro atoms. The Kier molecular flexibility index (Phi) is 3.75. The Hall–Kier alpha value is -2.43. The molecule has 0 aliphatic heterocycles. The van der Waals surface area contributed by atoms with E-state index in [1.807, 2.05) is 25.1 Å². The van der Waals surface area contributed by atoms with Crippen molar-refractivity contribution in [2.45, 2.75) is 20.4 Å². The Morgan fingerprint density at radius 1 is 1.26 bits per heavy atom. The number of anilines is 1. The molecule has 19 heavy (non-hydrogen) atoms. The summed E-state index contributed by atoms with van der Waals surface area (Å²) in [7, 11) is 0. The van der Waals surface area contributed by atoms with Gasteiger partial charge in [-0.15, -0.1) is 0 Å². The van der Waals surface area contributed by atoms with Gasteiger partial charge in [0.15, 0.2) is 0 Å². The van der Waals surface area contributed by atoms with Crippen molar-refractivity contribution in [1.29, 1.82) is 0 Å². The van der Waals surface area contributed by atoms with Crippen LogP contribution >= 0.6 is 0 Å². The van der Waals surface area contributed by atoms with Crippen LogP contribution in [0.4, 0.5) is 11.5 Å². The van der Waals surface area contributed by atoms with Crippen LogP contribution < -0.4 is 5.32 Å². The molecule has 5 nitrogen and oxygen atoms in total. The van der Waals surface area contributed by atoms with Gasteiger partial charge in [-0.25, -0.2) is 4.98 Å². The molecule has 5 heteroatoms. The average Bonchev–Trinajstić information content (AvgIpc) is 2.39. The van der Waals surface area contributed by atoms with Crippen molar-refractivity contribution in [2.24, 2.45) is 0 Å². The van der Waals surface area contributed by atoms with E-state index in [2.05, 4.69) is 10.3 Å². The van der Waals surface area contributed by atoms with Gasteiger partial charge in [0.1, 0.15) is 5.82 Å². The second kappa shape index (κ2) is 5.48. The summed E-state index contributed by atoms with van der Waals surface area (Å²) in [5.41, 5.74) is 2.79. The van der Waals surface area contributed by atoms with Crippen molar-refractivity contribution in [2.75, 3.05) is 5.32 Å². The predicted molar refractivity (Wildman–Crippen MR) is 74.1 cm³/mol. The monoisotopic (exact) mass is 257 g/mol. The van der Waals surface area contributed by atoms with Crippen LogP contribution in [-0.4, -0.2) is 9.91 Å². The molecule has 0 aliphatic carbocycles. The first-order valence-corrected chi connectivity index (χ1v) is 5.98. The number of aryl methyl sites for hydroxylation is 1. The van der Waals surface area contributed by atoms with Crippen molar-refractivity contribution in [3.8, 4) is 0 Å². The number of aromatic nitrogens is 1. The van der Waals surface area contributed by atoms with Crippen LogP contribution in [0.5, 0.6) is 0 Å². The Labute approximate surface area is 111 Å². The molecular formula is C14H15N3O2. The molecule has 0 radical (unpaired) electrons. The number of nitrogens with one attached hydrogen (secondary N) is 1. The first-order chi connectivity index (χ1) is 9.09. The number of rotatable bonds is 4. The van der Waals surface area contributed by atoms with E-state index in [0.717, 1.165) is 16.9 Å². The highest BCUT2D eigenvalue weighted by atomic mass is 16.6. The summed E-state index contributed by atoms with van der Waals surface area (Å²) in [5.74, 6) is 0.799. The number of nitro groups is 1. The van der Waals surface area contributed by atoms with E-state index in [1.165, 1.54) is 6.07 Å². The summed E-state index contributed by atoms with van der Waals surface area (Å²) in [4.78, 5) is 14.8. The van der Waals surface area contributed by atoms with E-state index in [-0.39, 0.29) is 10.6 Å². The molecule has 0 atom stereocenters. The Morgan fingerprint density at radius 3 is 2.74 bits per heavy atom. The lowest BCUT2D eigenvalue weighted by Gasteiger charge is -2.10. The molecule has 2 rings (SSSR count). The minimum atomic E-state index is -0.356. The van der Waals surface area contributed by atoms with E-state index in [9.17, 15) is 10.1 Å². The number of hydrogen-bond donors (Lipinski definition) is 1.